The molecule has 7 atom stereocenters. The number of aliphatic imine (C=N–C) groups is 1. The minimum atomic E-state index is -1.47. The molecule has 2 saturated carbocycles. The second-order valence-corrected chi connectivity index (χ2v) is 14.4. The van der Waals surface area contributed by atoms with Crippen molar-refractivity contribution in [1.82, 2.24) is 10.3 Å². The van der Waals surface area contributed by atoms with E-state index in [2.05, 4.69) is 75.3 Å². The summed E-state index contributed by atoms with van der Waals surface area (Å²) in [5.41, 5.74) is 2.10. The Morgan fingerprint density at radius 1 is 1.16 bits per heavy atom. The van der Waals surface area contributed by atoms with Crippen LogP contribution in [-0.2, 0) is 30.8 Å². The molecule has 1 aromatic carbocycles. The number of rotatable bonds is 7. The highest BCUT2D eigenvalue weighted by Crippen LogP contribution is 2.72. The number of aliphatic hydroxyl groups is 1. The van der Waals surface area contributed by atoms with E-state index in [1.54, 1.807) is 0 Å². The second kappa shape index (κ2) is 9.74. The first-order valence-electron chi connectivity index (χ1n) is 16.3. The number of benzene rings is 1. The lowest BCUT2D eigenvalue weighted by Gasteiger charge is -2.67. The molecule has 1 amide bonds. The van der Waals surface area contributed by atoms with Crippen LogP contribution in [0.2, 0.25) is 0 Å². The van der Waals surface area contributed by atoms with Crippen LogP contribution in [0.25, 0.3) is 10.9 Å². The number of nitrogens with one attached hydrogen (secondary N) is 2. The third-order valence-corrected chi connectivity index (χ3v) is 11.8. The van der Waals surface area contributed by atoms with Crippen LogP contribution in [-0.4, -0.2) is 70.6 Å². The van der Waals surface area contributed by atoms with Gasteiger partial charge in [0.25, 0.3) is 0 Å². The maximum atomic E-state index is 13.6. The molecule has 7 rings (SSSR count). The van der Waals surface area contributed by atoms with Gasteiger partial charge in [0, 0.05) is 52.5 Å². The summed E-state index contributed by atoms with van der Waals surface area (Å²) in [6.45, 7) is 14.0. The van der Waals surface area contributed by atoms with Crippen molar-refractivity contribution < 1.29 is 24.1 Å². The largest absolute Gasteiger partial charge is 0.382 e. The number of ether oxygens (including phenoxy) is 3. The molecule has 1 spiro atoms. The van der Waals surface area contributed by atoms with Crippen LogP contribution in [0.5, 0.6) is 0 Å². The number of para-hydroxylation sites is 1. The Morgan fingerprint density at radius 2 is 1.95 bits per heavy atom. The van der Waals surface area contributed by atoms with Crippen molar-refractivity contribution in [3.8, 4) is 0 Å². The monoisotopic (exact) mass is 589 g/mol. The molecule has 3 aliphatic carbocycles. The number of H-pyrrole nitrogens is 1. The Labute approximate surface area is 254 Å². The van der Waals surface area contributed by atoms with Crippen molar-refractivity contribution >= 4 is 22.5 Å². The van der Waals surface area contributed by atoms with Crippen molar-refractivity contribution in [1.29, 1.82) is 0 Å². The van der Waals surface area contributed by atoms with Gasteiger partial charge in [-0.05, 0) is 69.6 Å². The molecule has 8 heteroatoms. The van der Waals surface area contributed by atoms with E-state index in [0.29, 0.717) is 37.9 Å². The van der Waals surface area contributed by atoms with Gasteiger partial charge in [0.05, 0.1) is 17.4 Å². The summed E-state index contributed by atoms with van der Waals surface area (Å²) in [5.74, 6) is -0.996. The minimum Gasteiger partial charge on any atom is -0.382 e. The van der Waals surface area contributed by atoms with E-state index in [0.717, 1.165) is 30.5 Å². The lowest BCUT2D eigenvalue weighted by molar-refractivity contribution is -0.278. The zero-order valence-electron chi connectivity index (χ0n) is 26.5. The highest BCUT2D eigenvalue weighted by Gasteiger charge is 2.77. The van der Waals surface area contributed by atoms with Crippen molar-refractivity contribution in [2.75, 3.05) is 19.7 Å². The number of fused-ring (bicyclic) bond motifs is 9. The summed E-state index contributed by atoms with van der Waals surface area (Å²) in [6.07, 6.45) is 5.72. The number of aromatic nitrogens is 1. The van der Waals surface area contributed by atoms with E-state index in [1.807, 2.05) is 6.92 Å². The van der Waals surface area contributed by atoms with Gasteiger partial charge >= 0.3 is 0 Å². The molecule has 1 aromatic heterocycles. The molecule has 0 radical (unpaired) electrons. The van der Waals surface area contributed by atoms with Gasteiger partial charge in [-0.1, -0.05) is 45.9 Å². The van der Waals surface area contributed by atoms with Crippen molar-refractivity contribution in [2.45, 2.75) is 115 Å². The minimum absolute atomic E-state index is 0.104. The average molecular weight is 590 g/mol. The Bertz CT molecular complexity index is 1530. The number of hydrogen-bond acceptors (Lipinski definition) is 6. The van der Waals surface area contributed by atoms with Gasteiger partial charge in [-0.3, -0.25) is 9.79 Å². The summed E-state index contributed by atoms with van der Waals surface area (Å²) in [4.78, 5) is 21.6. The summed E-state index contributed by atoms with van der Waals surface area (Å²) in [7, 11) is 0. The third kappa shape index (κ3) is 3.76. The Kier molecular flexibility index (Phi) is 6.61. The number of carbonyl (C=O) groups is 1. The topological polar surface area (TPSA) is 105 Å². The summed E-state index contributed by atoms with van der Waals surface area (Å²) < 4.78 is 20.2. The van der Waals surface area contributed by atoms with Crippen molar-refractivity contribution in [3.05, 3.63) is 47.2 Å². The first kappa shape index (κ1) is 29.2. The molecule has 3 unspecified atom stereocenters. The zero-order valence-corrected chi connectivity index (χ0v) is 26.5. The molecule has 232 valence electrons. The molecule has 3 fully saturated rings. The number of amides is 1. The van der Waals surface area contributed by atoms with Gasteiger partial charge in [-0.2, -0.15) is 0 Å². The van der Waals surface area contributed by atoms with Gasteiger partial charge in [0.2, 0.25) is 5.91 Å². The van der Waals surface area contributed by atoms with E-state index < -0.39 is 28.5 Å². The quantitative estimate of drug-likeness (QED) is 0.416. The lowest BCUT2D eigenvalue weighted by atomic mass is 9.41. The number of carbonyl (C=O) groups excluding carboxylic acids is 1. The van der Waals surface area contributed by atoms with E-state index in [4.69, 9.17) is 19.2 Å². The predicted octanol–water partition coefficient (Wildman–Crippen LogP) is 5.13. The number of aromatic amines is 1. The van der Waals surface area contributed by atoms with Crippen LogP contribution in [0.3, 0.4) is 0 Å². The van der Waals surface area contributed by atoms with Gasteiger partial charge in [0.15, 0.2) is 5.79 Å². The first-order valence-corrected chi connectivity index (χ1v) is 16.3. The van der Waals surface area contributed by atoms with E-state index in [9.17, 15) is 9.90 Å². The molecule has 1 saturated heterocycles. The molecule has 5 aliphatic rings. The highest BCUT2D eigenvalue weighted by atomic mass is 16.8. The summed E-state index contributed by atoms with van der Waals surface area (Å²) >= 11 is 0. The molecule has 3 N–H and O–H groups in total. The second-order valence-electron chi connectivity index (χ2n) is 14.4. The lowest BCUT2D eigenvalue weighted by Crippen LogP contribution is -2.75. The number of hydrogen-bond donors (Lipinski definition) is 3. The molecular formula is C35H47N3O5. The fourth-order valence-corrected chi connectivity index (χ4v) is 9.47. The molecular weight excluding hydrogens is 542 g/mol. The van der Waals surface area contributed by atoms with Crippen LogP contribution in [0.1, 0.15) is 84.9 Å². The molecule has 2 bridgehead atoms. The highest BCUT2D eigenvalue weighted by molar-refractivity contribution is 6.02. The third-order valence-electron chi connectivity index (χ3n) is 11.8. The first-order chi connectivity index (χ1) is 20.4. The van der Waals surface area contributed by atoms with Crippen LogP contribution < -0.4 is 5.32 Å². The smallest absolute Gasteiger partial charge is 0.246 e. The standard InChI is InChI=1S/C35H47N3O5/c1-7-15-36-25-19-26-34(42-30(25)31(3,4)43-34)14-13-32(5)33(6)21(17-23-22-11-9-10-12-24(22)38-29(23)33)18-27(35(26,32)40)41-20-28(39)37-16-8-2/h9-12,19,21,27,30,38,40H,7-8,13-18,20H2,1-6H3,(H,37,39)/b36-25-/t21?,27-,30?,32?,33+,34-,35-/m0/s1. The Morgan fingerprint density at radius 3 is 2.72 bits per heavy atom. The van der Waals surface area contributed by atoms with Crippen molar-refractivity contribution in [3.63, 3.8) is 0 Å². The van der Waals surface area contributed by atoms with Gasteiger partial charge < -0.3 is 29.6 Å². The van der Waals surface area contributed by atoms with Crippen molar-refractivity contribution in [2.24, 2.45) is 16.3 Å². The maximum absolute atomic E-state index is 13.6. The molecule has 2 aromatic rings. The SMILES string of the molecule is CCC/N=C1/C=C2[C@@]3(CCC4(C)[C@@]5(C)c6[nH]c7ccccc7c6CC5C[C@H](OCC(=O)NCCC)[C@@]24O)OC1C(C)(C)O3. The van der Waals surface area contributed by atoms with E-state index in [1.165, 1.54) is 16.6 Å². The molecule has 3 heterocycles. The van der Waals surface area contributed by atoms with Crippen LogP contribution >= 0.6 is 0 Å². The fourth-order valence-electron chi connectivity index (χ4n) is 9.47. The summed E-state index contributed by atoms with van der Waals surface area (Å²) in [5, 5.41) is 17.8. The molecule has 43 heavy (non-hydrogen) atoms. The summed E-state index contributed by atoms with van der Waals surface area (Å²) in [6, 6.07) is 8.51. The van der Waals surface area contributed by atoms with Crippen LogP contribution in [0, 0.1) is 11.3 Å². The Balaban J connectivity index is 1.40. The van der Waals surface area contributed by atoms with E-state index >= 15 is 0 Å². The number of nitrogens with zero attached hydrogens (tertiary/aromatic N) is 1. The predicted molar refractivity (Wildman–Crippen MR) is 166 cm³/mol. The normalized spacial score (nSPS) is 39.7. The average Bonchev–Trinajstić information content (AvgIpc) is 3.56. The van der Waals surface area contributed by atoms with E-state index in [-0.39, 0.29) is 30.0 Å². The molecule has 8 nitrogen and oxygen atoms in total. The molecule has 2 aliphatic heterocycles. The van der Waals surface area contributed by atoms with Crippen LogP contribution in [0.15, 0.2) is 40.9 Å². The Hall–Kier alpha value is -2.52. The fraction of sp³-hybridized carbons (Fsp3) is 0.657. The zero-order chi connectivity index (χ0) is 30.4. The van der Waals surface area contributed by atoms with Gasteiger partial charge in [-0.25, -0.2) is 0 Å². The van der Waals surface area contributed by atoms with Gasteiger partial charge in [0.1, 0.15) is 18.3 Å². The van der Waals surface area contributed by atoms with Gasteiger partial charge in [-0.15, -0.1) is 0 Å². The maximum Gasteiger partial charge on any atom is 0.246 e. The van der Waals surface area contributed by atoms with Crippen LogP contribution in [0.4, 0.5) is 0 Å².